The van der Waals surface area contributed by atoms with Crippen molar-refractivity contribution in [2.45, 2.75) is 44.7 Å². The third-order valence-corrected chi connectivity index (χ3v) is 4.10. The Hall–Kier alpha value is -0.380. The molecule has 1 aliphatic rings. The number of aliphatic hydroxyl groups excluding tert-OH is 1. The van der Waals surface area contributed by atoms with E-state index in [1.54, 1.807) is 4.88 Å². The molecule has 1 heterocycles. The molecule has 0 saturated heterocycles. The number of hydrogen-bond acceptors (Lipinski definition) is 3. The smallest absolute Gasteiger partial charge is 0.0445 e. The van der Waals surface area contributed by atoms with E-state index in [1.165, 1.54) is 24.8 Å². The molecule has 0 spiro atoms. The van der Waals surface area contributed by atoms with Crippen LogP contribution in [0.2, 0.25) is 0 Å². The van der Waals surface area contributed by atoms with Gasteiger partial charge in [0, 0.05) is 23.6 Å². The molecule has 0 amide bonds. The molecule has 0 saturated carbocycles. The first-order valence-electron chi connectivity index (χ1n) is 5.74. The van der Waals surface area contributed by atoms with Gasteiger partial charge in [-0.05, 0) is 49.6 Å². The minimum atomic E-state index is 0.275. The summed E-state index contributed by atoms with van der Waals surface area (Å²) in [7, 11) is 0. The van der Waals surface area contributed by atoms with Crippen molar-refractivity contribution in [3.63, 3.8) is 0 Å². The lowest BCUT2D eigenvalue weighted by Gasteiger charge is -2.27. The van der Waals surface area contributed by atoms with Gasteiger partial charge < -0.3 is 10.4 Å². The summed E-state index contributed by atoms with van der Waals surface area (Å²) in [6.45, 7) is 2.42. The summed E-state index contributed by atoms with van der Waals surface area (Å²) in [5.41, 5.74) is 1.50. The SMILES string of the molecule is C[C@H](CCO)NC1CCCc2sccc21. The quantitative estimate of drug-likeness (QED) is 0.825. The number of hydrogen-bond donors (Lipinski definition) is 2. The first kappa shape index (κ1) is 11.1. The molecule has 2 rings (SSSR count). The molecule has 1 aromatic rings. The third kappa shape index (κ3) is 2.60. The average molecular weight is 225 g/mol. The second kappa shape index (κ2) is 5.10. The molecule has 84 valence electrons. The first-order chi connectivity index (χ1) is 7.31. The van der Waals surface area contributed by atoms with E-state index in [-0.39, 0.29) is 6.61 Å². The maximum atomic E-state index is 8.88. The molecule has 0 fully saturated rings. The van der Waals surface area contributed by atoms with E-state index in [9.17, 15) is 0 Å². The van der Waals surface area contributed by atoms with Crippen LogP contribution in [-0.2, 0) is 6.42 Å². The van der Waals surface area contributed by atoms with Gasteiger partial charge in [-0.1, -0.05) is 0 Å². The number of aryl methyl sites for hydroxylation is 1. The number of nitrogens with one attached hydrogen (secondary N) is 1. The van der Waals surface area contributed by atoms with Crippen LogP contribution in [0, 0.1) is 0 Å². The van der Waals surface area contributed by atoms with Crippen LogP contribution in [0.1, 0.15) is 42.7 Å². The Balaban J connectivity index is 2.00. The van der Waals surface area contributed by atoms with E-state index < -0.39 is 0 Å². The highest BCUT2D eigenvalue weighted by Crippen LogP contribution is 2.33. The predicted octanol–water partition coefficient (Wildman–Crippen LogP) is 2.49. The molecule has 1 unspecified atom stereocenters. The van der Waals surface area contributed by atoms with Crippen molar-refractivity contribution in [3.05, 3.63) is 21.9 Å². The average Bonchev–Trinajstić information content (AvgIpc) is 2.67. The Bertz CT molecular complexity index is 310. The topological polar surface area (TPSA) is 32.3 Å². The molecule has 2 atom stereocenters. The van der Waals surface area contributed by atoms with E-state index in [0.29, 0.717) is 12.1 Å². The molecule has 1 aromatic heterocycles. The fourth-order valence-corrected chi connectivity index (χ4v) is 3.27. The van der Waals surface area contributed by atoms with Gasteiger partial charge in [0.1, 0.15) is 0 Å². The van der Waals surface area contributed by atoms with Crippen LogP contribution in [0.3, 0.4) is 0 Å². The summed E-state index contributed by atoms with van der Waals surface area (Å²) >= 11 is 1.88. The zero-order chi connectivity index (χ0) is 10.7. The molecule has 2 N–H and O–H groups in total. The van der Waals surface area contributed by atoms with Crippen molar-refractivity contribution in [2.75, 3.05) is 6.61 Å². The molecule has 0 radical (unpaired) electrons. The van der Waals surface area contributed by atoms with Crippen molar-refractivity contribution < 1.29 is 5.11 Å². The Kier molecular flexibility index (Phi) is 3.78. The van der Waals surface area contributed by atoms with E-state index in [2.05, 4.69) is 23.7 Å². The summed E-state index contributed by atoms with van der Waals surface area (Å²) in [4.78, 5) is 1.55. The van der Waals surface area contributed by atoms with Crippen LogP contribution < -0.4 is 5.32 Å². The summed E-state index contributed by atoms with van der Waals surface area (Å²) in [5.74, 6) is 0. The van der Waals surface area contributed by atoms with Gasteiger partial charge in [-0.3, -0.25) is 0 Å². The van der Waals surface area contributed by atoms with Crippen LogP contribution in [-0.4, -0.2) is 17.8 Å². The Morgan fingerprint density at radius 1 is 1.67 bits per heavy atom. The Morgan fingerprint density at radius 2 is 2.53 bits per heavy atom. The molecule has 15 heavy (non-hydrogen) atoms. The van der Waals surface area contributed by atoms with Gasteiger partial charge in [0.25, 0.3) is 0 Å². The Morgan fingerprint density at radius 3 is 3.33 bits per heavy atom. The largest absolute Gasteiger partial charge is 0.396 e. The lowest BCUT2D eigenvalue weighted by atomic mass is 9.93. The Labute approximate surface area is 95.3 Å². The number of fused-ring (bicyclic) bond motifs is 1. The summed E-state index contributed by atoms with van der Waals surface area (Å²) in [5, 5.41) is 14.7. The van der Waals surface area contributed by atoms with Gasteiger partial charge in [-0.25, -0.2) is 0 Å². The number of rotatable bonds is 4. The lowest BCUT2D eigenvalue weighted by molar-refractivity contribution is 0.260. The zero-order valence-corrected chi connectivity index (χ0v) is 10.0. The minimum absolute atomic E-state index is 0.275. The molecular formula is C12H19NOS. The summed E-state index contributed by atoms with van der Waals surface area (Å²) in [6.07, 6.45) is 4.62. The highest BCUT2D eigenvalue weighted by molar-refractivity contribution is 7.10. The fraction of sp³-hybridized carbons (Fsp3) is 0.667. The van der Waals surface area contributed by atoms with Crippen LogP contribution in [0.15, 0.2) is 11.4 Å². The second-order valence-corrected chi connectivity index (χ2v) is 5.32. The van der Waals surface area contributed by atoms with Crippen molar-refractivity contribution in [2.24, 2.45) is 0 Å². The highest BCUT2D eigenvalue weighted by atomic mass is 32.1. The van der Waals surface area contributed by atoms with Crippen molar-refractivity contribution in [1.29, 1.82) is 0 Å². The number of aliphatic hydroxyl groups is 1. The van der Waals surface area contributed by atoms with Crippen molar-refractivity contribution in [1.82, 2.24) is 5.32 Å². The van der Waals surface area contributed by atoms with E-state index in [4.69, 9.17) is 5.11 Å². The maximum absolute atomic E-state index is 8.88. The van der Waals surface area contributed by atoms with Gasteiger partial charge in [-0.2, -0.15) is 0 Å². The van der Waals surface area contributed by atoms with Crippen molar-refractivity contribution in [3.8, 4) is 0 Å². The third-order valence-electron chi connectivity index (χ3n) is 3.10. The maximum Gasteiger partial charge on any atom is 0.0445 e. The van der Waals surface area contributed by atoms with E-state index >= 15 is 0 Å². The summed E-state index contributed by atoms with van der Waals surface area (Å²) in [6, 6.07) is 3.18. The molecule has 0 bridgehead atoms. The first-order valence-corrected chi connectivity index (χ1v) is 6.62. The van der Waals surface area contributed by atoms with Gasteiger partial charge in [-0.15, -0.1) is 11.3 Å². The van der Waals surface area contributed by atoms with Crippen LogP contribution in [0.25, 0.3) is 0 Å². The second-order valence-electron chi connectivity index (χ2n) is 4.32. The molecule has 2 nitrogen and oxygen atoms in total. The predicted molar refractivity (Wildman–Crippen MR) is 64.3 cm³/mol. The zero-order valence-electron chi connectivity index (χ0n) is 9.20. The minimum Gasteiger partial charge on any atom is -0.396 e. The summed E-state index contributed by atoms with van der Waals surface area (Å²) < 4.78 is 0. The normalized spacial score (nSPS) is 22.4. The highest BCUT2D eigenvalue weighted by Gasteiger charge is 2.21. The monoisotopic (exact) mass is 225 g/mol. The van der Waals surface area contributed by atoms with Crippen LogP contribution >= 0.6 is 11.3 Å². The van der Waals surface area contributed by atoms with E-state index in [1.807, 2.05) is 11.3 Å². The molecule has 0 aliphatic heterocycles. The van der Waals surface area contributed by atoms with Crippen molar-refractivity contribution >= 4 is 11.3 Å². The van der Waals surface area contributed by atoms with Crippen LogP contribution in [0.5, 0.6) is 0 Å². The number of thiophene rings is 1. The van der Waals surface area contributed by atoms with Gasteiger partial charge in [0.05, 0.1) is 0 Å². The van der Waals surface area contributed by atoms with Gasteiger partial charge in [0.2, 0.25) is 0 Å². The van der Waals surface area contributed by atoms with Gasteiger partial charge in [0.15, 0.2) is 0 Å². The standard InChI is InChI=1S/C12H19NOS/c1-9(5-7-14)13-11-3-2-4-12-10(11)6-8-15-12/h6,8-9,11,13-14H,2-5,7H2,1H3/t9-,11?/m1/s1. The molecular weight excluding hydrogens is 206 g/mol. The van der Waals surface area contributed by atoms with E-state index in [0.717, 1.165) is 6.42 Å². The lowest BCUT2D eigenvalue weighted by Crippen LogP contribution is -2.32. The fourth-order valence-electron chi connectivity index (χ4n) is 2.28. The molecule has 1 aliphatic carbocycles. The van der Waals surface area contributed by atoms with Gasteiger partial charge >= 0.3 is 0 Å². The molecule has 3 heteroatoms. The van der Waals surface area contributed by atoms with Crippen LogP contribution in [0.4, 0.5) is 0 Å². The molecule has 0 aromatic carbocycles.